The third-order valence-electron chi connectivity index (χ3n) is 3.79. The van der Waals surface area contributed by atoms with Crippen molar-refractivity contribution in [2.24, 2.45) is 11.8 Å². The minimum Gasteiger partial charge on any atom is -0.394 e. The summed E-state index contributed by atoms with van der Waals surface area (Å²) in [7, 11) is 0. The van der Waals surface area contributed by atoms with Gasteiger partial charge in [0.05, 0.1) is 6.61 Å². The zero-order valence-electron chi connectivity index (χ0n) is 11.4. The molecular weight excluding hydrogens is 210 g/mol. The second kappa shape index (κ2) is 6.18. The van der Waals surface area contributed by atoms with Gasteiger partial charge in [0, 0.05) is 12.1 Å². The van der Waals surface area contributed by atoms with Crippen molar-refractivity contribution in [1.29, 1.82) is 0 Å². The molecule has 0 saturated carbocycles. The highest BCUT2D eigenvalue weighted by atomic mass is 16.3. The summed E-state index contributed by atoms with van der Waals surface area (Å²) in [6, 6.07) is 10.3. The van der Waals surface area contributed by atoms with Crippen LogP contribution in [0.25, 0.3) is 0 Å². The number of rotatable bonds is 6. The SMILES string of the molecule is CC(C)C(CO)(NCc1ccccc1)C(C)C. The van der Waals surface area contributed by atoms with Gasteiger partial charge >= 0.3 is 0 Å². The number of aliphatic hydroxyl groups is 1. The first-order chi connectivity index (χ1) is 8.03. The number of hydrogen-bond donors (Lipinski definition) is 2. The number of hydrogen-bond acceptors (Lipinski definition) is 2. The predicted molar refractivity (Wildman–Crippen MR) is 72.8 cm³/mol. The zero-order chi connectivity index (χ0) is 12.9. The smallest absolute Gasteiger partial charge is 0.0618 e. The van der Waals surface area contributed by atoms with Gasteiger partial charge in [-0.15, -0.1) is 0 Å². The molecule has 2 heteroatoms. The van der Waals surface area contributed by atoms with E-state index in [0.29, 0.717) is 11.8 Å². The van der Waals surface area contributed by atoms with Crippen LogP contribution in [-0.2, 0) is 6.54 Å². The van der Waals surface area contributed by atoms with Crippen molar-refractivity contribution >= 4 is 0 Å². The van der Waals surface area contributed by atoms with E-state index in [1.807, 2.05) is 18.2 Å². The molecule has 0 aliphatic heterocycles. The Morgan fingerprint density at radius 3 is 2.00 bits per heavy atom. The molecule has 1 aromatic carbocycles. The summed E-state index contributed by atoms with van der Waals surface area (Å²) in [6.45, 7) is 9.62. The molecule has 0 unspecified atom stereocenters. The second-order valence-corrected chi connectivity index (χ2v) is 5.35. The summed E-state index contributed by atoms with van der Waals surface area (Å²) in [5.74, 6) is 0.799. The van der Waals surface area contributed by atoms with Crippen LogP contribution in [0.3, 0.4) is 0 Å². The normalized spacial score (nSPS) is 12.4. The van der Waals surface area contributed by atoms with E-state index in [9.17, 15) is 5.11 Å². The third kappa shape index (κ3) is 3.30. The number of aliphatic hydroxyl groups excluding tert-OH is 1. The van der Waals surface area contributed by atoms with Gasteiger partial charge in [-0.2, -0.15) is 0 Å². The van der Waals surface area contributed by atoms with Gasteiger partial charge in [0.2, 0.25) is 0 Å². The Labute approximate surface area is 105 Å². The van der Waals surface area contributed by atoms with Crippen LogP contribution in [-0.4, -0.2) is 17.3 Å². The number of nitrogens with one attached hydrogen (secondary N) is 1. The lowest BCUT2D eigenvalue weighted by Gasteiger charge is -2.41. The average molecular weight is 235 g/mol. The van der Waals surface area contributed by atoms with Gasteiger partial charge in [-0.25, -0.2) is 0 Å². The van der Waals surface area contributed by atoms with E-state index in [2.05, 4.69) is 45.1 Å². The van der Waals surface area contributed by atoms with Gasteiger partial charge in [0.15, 0.2) is 0 Å². The van der Waals surface area contributed by atoms with E-state index in [1.54, 1.807) is 0 Å². The molecule has 2 nitrogen and oxygen atoms in total. The fourth-order valence-corrected chi connectivity index (χ4v) is 2.36. The van der Waals surface area contributed by atoms with Crippen LogP contribution in [0.15, 0.2) is 30.3 Å². The topological polar surface area (TPSA) is 32.3 Å². The highest BCUT2D eigenvalue weighted by Gasteiger charge is 2.35. The molecule has 0 aliphatic rings. The fraction of sp³-hybridized carbons (Fsp3) is 0.600. The fourth-order valence-electron chi connectivity index (χ4n) is 2.36. The molecular formula is C15H25NO. The Kier molecular flexibility index (Phi) is 5.16. The molecule has 0 radical (unpaired) electrons. The molecule has 0 aromatic heterocycles. The van der Waals surface area contributed by atoms with E-state index >= 15 is 0 Å². The van der Waals surface area contributed by atoms with Crippen molar-refractivity contribution in [2.45, 2.75) is 39.8 Å². The molecule has 2 N–H and O–H groups in total. The minimum absolute atomic E-state index is 0.176. The second-order valence-electron chi connectivity index (χ2n) is 5.35. The third-order valence-corrected chi connectivity index (χ3v) is 3.79. The van der Waals surface area contributed by atoms with E-state index in [-0.39, 0.29) is 12.1 Å². The van der Waals surface area contributed by atoms with Gasteiger partial charge in [-0.1, -0.05) is 58.0 Å². The molecule has 0 amide bonds. The van der Waals surface area contributed by atoms with Crippen LogP contribution in [0.2, 0.25) is 0 Å². The van der Waals surface area contributed by atoms with E-state index in [4.69, 9.17) is 0 Å². The summed E-state index contributed by atoms with van der Waals surface area (Å²) in [5, 5.41) is 13.3. The van der Waals surface area contributed by atoms with Crippen LogP contribution in [0.5, 0.6) is 0 Å². The lowest BCUT2D eigenvalue weighted by atomic mass is 9.77. The van der Waals surface area contributed by atoms with Gasteiger partial charge < -0.3 is 10.4 Å². The first kappa shape index (κ1) is 14.2. The first-order valence-corrected chi connectivity index (χ1v) is 6.42. The van der Waals surface area contributed by atoms with E-state index in [1.165, 1.54) is 5.56 Å². The lowest BCUT2D eigenvalue weighted by molar-refractivity contribution is 0.0736. The molecule has 0 atom stereocenters. The predicted octanol–water partition coefficient (Wildman–Crippen LogP) is 2.82. The highest BCUT2D eigenvalue weighted by molar-refractivity contribution is 5.15. The molecule has 1 rings (SSSR count). The molecule has 0 fully saturated rings. The average Bonchev–Trinajstić information content (AvgIpc) is 2.31. The maximum absolute atomic E-state index is 9.73. The van der Waals surface area contributed by atoms with Crippen molar-refractivity contribution in [3.05, 3.63) is 35.9 Å². The summed E-state index contributed by atoms with van der Waals surface area (Å²) in [5.41, 5.74) is 1.06. The largest absolute Gasteiger partial charge is 0.394 e. The van der Waals surface area contributed by atoms with Crippen molar-refractivity contribution < 1.29 is 5.11 Å². The van der Waals surface area contributed by atoms with Crippen LogP contribution < -0.4 is 5.32 Å². The molecule has 1 aromatic rings. The summed E-state index contributed by atoms with van der Waals surface area (Å²) < 4.78 is 0. The van der Waals surface area contributed by atoms with Gasteiger partial charge in [-0.05, 0) is 17.4 Å². The molecule has 96 valence electrons. The standard InChI is InChI=1S/C15H25NO/c1-12(2)15(11-17,13(3)4)16-10-14-8-6-5-7-9-14/h5-9,12-13,16-17H,10-11H2,1-4H3. The Balaban J connectivity index is 2.74. The summed E-state index contributed by atoms with van der Waals surface area (Å²) >= 11 is 0. The van der Waals surface area contributed by atoms with Gasteiger partial charge in [0.25, 0.3) is 0 Å². The summed E-state index contributed by atoms with van der Waals surface area (Å²) in [4.78, 5) is 0. The van der Waals surface area contributed by atoms with Crippen molar-refractivity contribution in [3.63, 3.8) is 0 Å². The van der Waals surface area contributed by atoms with Crippen LogP contribution >= 0.6 is 0 Å². The zero-order valence-corrected chi connectivity index (χ0v) is 11.4. The first-order valence-electron chi connectivity index (χ1n) is 6.42. The monoisotopic (exact) mass is 235 g/mol. The summed E-state index contributed by atoms with van der Waals surface area (Å²) in [6.07, 6.45) is 0. The Bertz CT molecular complexity index is 311. The maximum atomic E-state index is 9.73. The molecule has 0 saturated heterocycles. The Morgan fingerprint density at radius 2 is 1.59 bits per heavy atom. The maximum Gasteiger partial charge on any atom is 0.0618 e. The van der Waals surface area contributed by atoms with E-state index in [0.717, 1.165) is 6.54 Å². The van der Waals surface area contributed by atoms with Crippen molar-refractivity contribution in [1.82, 2.24) is 5.32 Å². The molecule has 0 heterocycles. The van der Waals surface area contributed by atoms with Crippen molar-refractivity contribution in [2.75, 3.05) is 6.61 Å². The quantitative estimate of drug-likeness (QED) is 0.794. The number of benzene rings is 1. The lowest BCUT2D eigenvalue weighted by Crippen LogP contribution is -2.56. The molecule has 0 bridgehead atoms. The van der Waals surface area contributed by atoms with Crippen LogP contribution in [0.1, 0.15) is 33.3 Å². The highest BCUT2D eigenvalue weighted by Crippen LogP contribution is 2.26. The minimum atomic E-state index is -0.199. The molecule has 0 aliphatic carbocycles. The van der Waals surface area contributed by atoms with Gasteiger partial charge in [-0.3, -0.25) is 0 Å². The van der Waals surface area contributed by atoms with E-state index < -0.39 is 0 Å². The van der Waals surface area contributed by atoms with Crippen LogP contribution in [0, 0.1) is 11.8 Å². The van der Waals surface area contributed by atoms with Crippen LogP contribution in [0.4, 0.5) is 0 Å². The molecule has 17 heavy (non-hydrogen) atoms. The Morgan fingerprint density at radius 1 is 1.06 bits per heavy atom. The van der Waals surface area contributed by atoms with Crippen molar-refractivity contribution in [3.8, 4) is 0 Å². The molecule has 0 spiro atoms. The van der Waals surface area contributed by atoms with Gasteiger partial charge in [0.1, 0.15) is 0 Å². The Hall–Kier alpha value is -0.860.